The summed E-state index contributed by atoms with van der Waals surface area (Å²) in [6.07, 6.45) is 1.74. The van der Waals surface area contributed by atoms with E-state index in [0.717, 1.165) is 30.0 Å². The molecule has 4 nitrogen and oxygen atoms in total. The van der Waals surface area contributed by atoms with Crippen molar-refractivity contribution in [2.75, 3.05) is 24.3 Å². The third kappa shape index (κ3) is 3.16. The SMILES string of the molecule is CCN(Cc1cccnc1OC)c1cccc(N)c1. The second-order valence-corrected chi connectivity index (χ2v) is 4.28. The third-order valence-electron chi connectivity index (χ3n) is 3.02. The Bertz CT molecular complexity index is 542. The van der Waals surface area contributed by atoms with Crippen LogP contribution in [0.1, 0.15) is 12.5 Å². The van der Waals surface area contributed by atoms with Gasteiger partial charge in [0, 0.05) is 36.2 Å². The summed E-state index contributed by atoms with van der Waals surface area (Å²) in [6.45, 7) is 3.75. The molecule has 4 heteroatoms. The molecule has 1 heterocycles. The Morgan fingerprint density at radius 1 is 1.26 bits per heavy atom. The van der Waals surface area contributed by atoms with Crippen molar-refractivity contribution in [2.45, 2.75) is 13.5 Å². The second kappa shape index (κ2) is 6.09. The largest absolute Gasteiger partial charge is 0.481 e. The van der Waals surface area contributed by atoms with E-state index in [0.29, 0.717) is 5.88 Å². The molecule has 0 unspecified atom stereocenters. The van der Waals surface area contributed by atoms with Gasteiger partial charge >= 0.3 is 0 Å². The van der Waals surface area contributed by atoms with Crippen molar-refractivity contribution >= 4 is 11.4 Å². The summed E-state index contributed by atoms with van der Waals surface area (Å²) < 4.78 is 5.29. The Morgan fingerprint density at radius 3 is 2.79 bits per heavy atom. The lowest BCUT2D eigenvalue weighted by Crippen LogP contribution is -2.22. The number of methoxy groups -OCH3 is 1. The number of ether oxygens (including phenoxy) is 1. The van der Waals surface area contributed by atoms with Crippen LogP contribution < -0.4 is 15.4 Å². The Kier molecular flexibility index (Phi) is 4.23. The molecule has 2 aromatic rings. The number of nitrogens with two attached hydrogens (primary N) is 1. The highest BCUT2D eigenvalue weighted by molar-refractivity contribution is 5.56. The molecule has 1 aromatic heterocycles. The van der Waals surface area contributed by atoms with E-state index in [9.17, 15) is 0 Å². The topological polar surface area (TPSA) is 51.4 Å². The molecule has 0 atom stereocenters. The summed E-state index contributed by atoms with van der Waals surface area (Å²) in [7, 11) is 1.64. The highest BCUT2D eigenvalue weighted by atomic mass is 16.5. The molecule has 0 saturated carbocycles. The smallest absolute Gasteiger partial charge is 0.218 e. The quantitative estimate of drug-likeness (QED) is 0.837. The van der Waals surface area contributed by atoms with Crippen LogP contribution in [-0.2, 0) is 6.54 Å². The minimum absolute atomic E-state index is 0.671. The van der Waals surface area contributed by atoms with Crippen LogP contribution in [0.2, 0.25) is 0 Å². The average molecular weight is 257 g/mol. The zero-order chi connectivity index (χ0) is 13.7. The minimum atomic E-state index is 0.671. The van der Waals surface area contributed by atoms with Gasteiger partial charge < -0.3 is 15.4 Å². The third-order valence-corrected chi connectivity index (χ3v) is 3.02. The molecule has 2 N–H and O–H groups in total. The van der Waals surface area contributed by atoms with Crippen LogP contribution in [0, 0.1) is 0 Å². The second-order valence-electron chi connectivity index (χ2n) is 4.28. The molecule has 0 bridgehead atoms. The van der Waals surface area contributed by atoms with Crippen molar-refractivity contribution in [3.8, 4) is 5.88 Å². The number of hydrogen-bond acceptors (Lipinski definition) is 4. The highest BCUT2D eigenvalue weighted by Crippen LogP contribution is 2.22. The summed E-state index contributed by atoms with van der Waals surface area (Å²) in [4.78, 5) is 6.45. The standard InChI is InChI=1S/C15H19N3O/c1-3-18(14-8-4-7-13(16)10-14)11-12-6-5-9-17-15(12)19-2/h4-10H,3,11,16H2,1-2H3. The molecule has 0 saturated heterocycles. The Balaban J connectivity index is 2.24. The summed E-state index contributed by atoms with van der Waals surface area (Å²) in [5, 5.41) is 0. The summed E-state index contributed by atoms with van der Waals surface area (Å²) in [6, 6.07) is 11.8. The molecule has 0 aliphatic rings. The first-order chi connectivity index (χ1) is 9.24. The van der Waals surface area contributed by atoms with Gasteiger partial charge in [-0.2, -0.15) is 0 Å². The zero-order valence-corrected chi connectivity index (χ0v) is 11.3. The Hall–Kier alpha value is -2.23. The van der Waals surface area contributed by atoms with Gasteiger partial charge in [-0.15, -0.1) is 0 Å². The number of benzene rings is 1. The van der Waals surface area contributed by atoms with Crippen LogP contribution >= 0.6 is 0 Å². The van der Waals surface area contributed by atoms with E-state index in [4.69, 9.17) is 10.5 Å². The van der Waals surface area contributed by atoms with Gasteiger partial charge in [-0.1, -0.05) is 12.1 Å². The number of nitrogens with zero attached hydrogens (tertiary/aromatic N) is 2. The summed E-state index contributed by atoms with van der Waals surface area (Å²) >= 11 is 0. The molecule has 0 spiro atoms. The molecule has 100 valence electrons. The lowest BCUT2D eigenvalue weighted by Gasteiger charge is -2.24. The van der Waals surface area contributed by atoms with E-state index in [1.54, 1.807) is 13.3 Å². The van der Waals surface area contributed by atoms with Gasteiger partial charge in [-0.3, -0.25) is 0 Å². The normalized spacial score (nSPS) is 10.2. The van der Waals surface area contributed by atoms with E-state index in [-0.39, 0.29) is 0 Å². The molecule has 0 fully saturated rings. The van der Waals surface area contributed by atoms with Crippen molar-refractivity contribution in [2.24, 2.45) is 0 Å². The molecule has 0 radical (unpaired) electrons. The van der Waals surface area contributed by atoms with Crippen LogP contribution in [0.3, 0.4) is 0 Å². The van der Waals surface area contributed by atoms with Gasteiger partial charge in [-0.25, -0.2) is 4.98 Å². The lowest BCUT2D eigenvalue weighted by molar-refractivity contribution is 0.392. The number of rotatable bonds is 5. The molecule has 2 rings (SSSR count). The van der Waals surface area contributed by atoms with Crippen LogP contribution in [0.25, 0.3) is 0 Å². The summed E-state index contributed by atoms with van der Waals surface area (Å²) in [5.74, 6) is 0.671. The average Bonchev–Trinajstić information content (AvgIpc) is 2.45. The monoisotopic (exact) mass is 257 g/mol. The molecular weight excluding hydrogens is 238 g/mol. The van der Waals surface area contributed by atoms with Gasteiger partial charge in [0.05, 0.1) is 7.11 Å². The fourth-order valence-corrected chi connectivity index (χ4v) is 2.04. The Morgan fingerprint density at radius 2 is 2.11 bits per heavy atom. The van der Waals surface area contributed by atoms with Crippen molar-refractivity contribution in [1.82, 2.24) is 4.98 Å². The van der Waals surface area contributed by atoms with Crippen molar-refractivity contribution in [3.05, 3.63) is 48.2 Å². The van der Waals surface area contributed by atoms with Gasteiger partial charge in [0.15, 0.2) is 0 Å². The molecule has 0 amide bonds. The first kappa shape index (κ1) is 13.2. The molecular formula is C15H19N3O. The maximum atomic E-state index is 5.84. The first-order valence-electron chi connectivity index (χ1n) is 6.33. The minimum Gasteiger partial charge on any atom is -0.481 e. The lowest BCUT2D eigenvalue weighted by atomic mass is 10.2. The molecule has 0 aliphatic heterocycles. The van der Waals surface area contributed by atoms with Crippen molar-refractivity contribution < 1.29 is 4.74 Å². The van der Waals surface area contributed by atoms with Gasteiger partial charge in [0.1, 0.15) is 0 Å². The predicted molar refractivity (Wildman–Crippen MR) is 78.4 cm³/mol. The Labute approximate surface area is 113 Å². The van der Waals surface area contributed by atoms with Crippen LogP contribution in [-0.4, -0.2) is 18.6 Å². The van der Waals surface area contributed by atoms with E-state index in [1.165, 1.54) is 0 Å². The van der Waals surface area contributed by atoms with E-state index < -0.39 is 0 Å². The predicted octanol–water partition coefficient (Wildman–Crippen LogP) is 2.70. The van der Waals surface area contributed by atoms with Crippen LogP contribution in [0.5, 0.6) is 5.88 Å². The number of pyridine rings is 1. The number of hydrogen-bond donors (Lipinski definition) is 1. The first-order valence-corrected chi connectivity index (χ1v) is 6.33. The van der Waals surface area contributed by atoms with E-state index in [1.807, 2.05) is 30.3 Å². The molecule has 1 aromatic carbocycles. The van der Waals surface area contributed by atoms with Crippen LogP contribution in [0.15, 0.2) is 42.6 Å². The molecule has 0 aliphatic carbocycles. The number of aromatic nitrogens is 1. The van der Waals surface area contributed by atoms with E-state index >= 15 is 0 Å². The number of anilines is 2. The maximum absolute atomic E-state index is 5.84. The summed E-state index contributed by atoms with van der Waals surface area (Å²) in [5.41, 5.74) is 8.78. The van der Waals surface area contributed by atoms with Crippen LogP contribution in [0.4, 0.5) is 11.4 Å². The molecule has 19 heavy (non-hydrogen) atoms. The van der Waals surface area contributed by atoms with Gasteiger partial charge in [0.2, 0.25) is 5.88 Å². The van der Waals surface area contributed by atoms with E-state index in [2.05, 4.69) is 22.9 Å². The number of nitrogen functional groups attached to an aromatic ring is 1. The zero-order valence-electron chi connectivity index (χ0n) is 11.3. The highest BCUT2D eigenvalue weighted by Gasteiger charge is 2.09. The van der Waals surface area contributed by atoms with Gasteiger partial charge in [-0.05, 0) is 31.2 Å². The maximum Gasteiger partial charge on any atom is 0.218 e. The van der Waals surface area contributed by atoms with Crippen molar-refractivity contribution in [1.29, 1.82) is 0 Å². The van der Waals surface area contributed by atoms with Gasteiger partial charge in [0.25, 0.3) is 0 Å². The fourth-order valence-electron chi connectivity index (χ4n) is 2.04. The van der Waals surface area contributed by atoms with Crippen molar-refractivity contribution in [3.63, 3.8) is 0 Å². The fraction of sp³-hybridized carbons (Fsp3) is 0.267.